The molecule has 2 bridgehead atoms. The molecule has 0 aromatic carbocycles. The van der Waals surface area contributed by atoms with Crippen LogP contribution >= 0.6 is 0 Å². The Morgan fingerprint density at radius 2 is 1.81 bits per heavy atom. The van der Waals surface area contributed by atoms with Crippen molar-refractivity contribution in [3.05, 3.63) is 0 Å². The Bertz CT molecular complexity index is 587. The minimum atomic E-state index is 0.00483. The summed E-state index contributed by atoms with van der Waals surface area (Å²) in [6.07, 6.45) is 5.59. The van der Waals surface area contributed by atoms with Gasteiger partial charge in [-0.05, 0) is 43.9 Å². The maximum Gasteiger partial charge on any atom is 0.320 e. The van der Waals surface area contributed by atoms with Crippen LogP contribution in [0.5, 0.6) is 0 Å². The van der Waals surface area contributed by atoms with Crippen LogP contribution in [0.15, 0.2) is 0 Å². The van der Waals surface area contributed by atoms with Crippen molar-refractivity contribution in [3.8, 4) is 0 Å². The fourth-order valence-corrected chi connectivity index (χ4v) is 5.47. The number of hydrogen-bond donors (Lipinski definition) is 1. The van der Waals surface area contributed by atoms with Gasteiger partial charge in [0.2, 0.25) is 11.8 Å². The van der Waals surface area contributed by atoms with Crippen molar-refractivity contribution in [1.29, 1.82) is 0 Å². The van der Waals surface area contributed by atoms with Crippen LogP contribution < -0.4 is 5.32 Å². The largest absolute Gasteiger partial charge is 0.353 e. The average molecular weight is 362 g/mol. The molecule has 7 heteroatoms. The van der Waals surface area contributed by atoms with Gasteiger partial charge < -0.3 is 20.0 Å². The van der Waals surface area contributed by atoms with Crippen molar-refractivity contribution in [1.82, 2.24) is 20.0 Å². The summed E-state index contributed by atoms with van der Waals surface area (Å²) in [4.78, 5) is 42.6. The smallest absolute Gasteiger partial charge is 0.320 e. The van der Waals surface area contributed by atoms with E-state index >= 15 is 0 Å². The minimum Gasteiger partial charge on any atom is -0.353 e. The highest BCUT2D eigenvalue weighted by Gasteiger charge is 2.45. The summed E-state index contributed by atoms with van der Waals surface area (Å²) >= 11 is 0. The Morgan fingerprint density at radius 1 is 1.04 bits per heavy atom. The molecule has 0 radical (unpaired) electrons. The van der Waals surface area contributed by atoms with Crippen LogP contribution in [0.3, 0.4) is 0 Å². The van der Waals surface area contributed by atoms with E-state index in [9.17, 15) is 14.4 Å². The first-order valence-corrected chi connectivity index (χ1v) is 10.1. The number of nitrogens with zero attached hydrogens (tertiary/aromatic N) is 3. The molecule has 0 unspecified atom stereocenters. The summed E-state index contributed by atoms with van der Waals surface area (Å²) in [6.45, 7) is 5.36. The third kappa shape index (κ3) is 3.40. The van der Waals surface area contributed by atoms with Crippen molar-refractivity contribution in [2.75, 3.05) is 32.7 Å². The quantitative estimate of drug-likeness (QED) is 0.757. The van der Waals surface area contributed by atoms with Gasteiger partial charge in [0.05, 0.1) is 0 Å². The van der Waals surface area contributed by atoms with Crippen molar-refractivity contribution >= 4 is 17.8 Å². The summed E-state index contributed by atoms with van der Waals surface area (Å²) in [5, 5.41) is 2.96. The third-order valence-electron chi connectivity index (χ3n) is 6.62. The molecule has 4 fully saturated rings. The molecule has 4 aliphatic rings. The summed E-state index contributed by atoms with van der Waals surface area (Å²) < 4.78 is 0. The fourth-order valence-electron chi connectivity index (χ4n) is 5.47. The van der Waals surface area contributed by atoms with Gasteiger partial charge in [-0.15, -0.1) is 0 Å². The van der Waals surface area contributed by atoms with Crippen molar-refractivity contribution in [2.45, 2.75) is 57.5 Å². The van der Waals surface area contributed by atoms with Gasteiger partial charge in [-0.25, -0.2) is 4.79 Å². The molecule has 0 aromatic heterocycles. The molecule has 1 N–H and O–H groups in total. The maximum absolute atomic E-state index is 13.0. The van der Waals surface area contributed by atoms with Gasteiger partial charge >= 0.3 is 6.03 Å². The second-order valence-corrected chi connectivity index (χ2v) is 8.52. The minimum absolute atomic E-state index is 0.00483. The molecule has 4 saturated heterocycles. The number of nitrogens with one attached hydrogen (secondary N) is 1. The number of amides is 4. The molecular formula is C19H30N4O3. The molecule has 4 heterocycles. The molecule has 4 amide bonds. The van der Waals surface area contributed by atoms with E-state index < -0.39 is 0 Å². The molecule has 144 valence electrons. The van der Waals surface area contributed by atoms with E-state index in [1.807, 2.05) is 9.80 Å². The van der Waals surface area contributed by atoms with E-state index in [1.165, 1.54) is 0 Å². The molecule has 3 atom stereocenters. The Morgan fingerprint density at radius 3 is 2.54 bits per heavy atom. The maximum atomic E-state index is 13.0. The number of likely N-dealkylation sites (tertiary alicyclic amines) is 2. The second kappa shape index (κ2) is 7.08. The summed E-state index contributed by atoms with van der Waals surface area (Å²) in [5.74, 6) is 1.18. The van der Waals surface area contributed by atoms with E-state index in [2.05, 4.69) is 10.2 Å². The van der Waals surface area contributed by atoms with Gasteiger partial charge in [0.15, 0.2) is 0 Å². The van der Waals surface area contributed by atoms with Gasteiger partial charge in [-0.2, -0.15) is 0 Å². The van der Waals surface area contributed by atoms with E-state index in [-0.39, 0.29) is 18.0 Å². The average Bonchev–Trinajstić information content (AvgIpc) is 2.62. The number of rotatable bonds is 1. The first-order valence-electron chi connectivity index (χ1n) is 10.1. The number of carbonyl (C=O) groups is 3. The monoisotopic (exact) mass is 362 g/mol. The van der Waals surface area contributed by atoms with Crippen LogP contribution in [-0.2, 0) is 9.59 Å². The lowest BCUT2D eigenvalue weighted by atomic mass is 9.76. The molecule has 26 heavy (non-hydrogen) atoms. The molecule has 0 aromatic rings. The SMILES string of the molecule is CC(=O)NC1CCN(C(=O)N2C[C@H]3C[C@H](C2)[C@H]2CCCC(=O)N2C3)CC1. The Hall–Kier alpha value is -1.79. The van der Waals surface area contributed by atoms with Crippen molar-refractivity contribution in [3.63, 3.8) is 0 Å². The topological polar surface area (TPSA) is 73.0 Å². The predicted molar refractivity (Wildman–Crippen MR) is 96.3 cm³/mol. The van der Waals surface area contributed by atoms with Gasteiger partial charge in [0.1, 0.15) is 0 Å². The molecule has 0 aliphatic carbocycles. The standard InChI is InChI=1S/C19H30N4O3/c1-13(24)20-16-5-7-21(8-6-16)19(26)22-10-14-9-15(12-22)17-3-2-4-18(25)23(17)11-14/h14-17H,2-12H2,1H3,(H,20,24)/t14-,15-,17-/m1/s1. The zero-order chi connectivity index (χ0) is 18.3. The van der Waals surface area contributed by atoms with Crippen LogP contribution in [0.25, 0.3) is 0 Å². The number of urea groups is 1. The first kappa shape index (κ1) is 17.6. The van der Waals surface area contributed by atoms with Crippen molar-refractivity contribution < 1.29 is 14.4 Å². The summed E-state index contributed by atoms with van der Waals surface area (Å²) in [5.41, 5.74) is 0. The normalized spacial score (nSPS) is 32.3. The lowest BCUT2D eigenvalue weighted by Gasteiger charge is -2.53. The Kier molecular flexibility index (Phi) is 4.80. The number of carbonyl (C=O) groups excluding carboxylic acids is 3. The van der Waals surface area contributed by atoms with Gasteiger partial charge in [-0.1, -0.05) is 0 Å². The van der Waals surface area contributed by atoms with E-state index in [0.717, 1.165) is 51.7 Å². The van der Waals surface area contributed by atoms with Crippen LogP contribution in [-0.4, -0.2) is 77.4 Å². The Balaban J connectivity index is 1.35. The van der Waals surface area contributed by atoms with Gasteiger partial charge in [0, 0.05) is 58.2 Å². The summed E-state index contributed by atoms with van der Waals surface area (Å²) in [6, 6.07) is 0.684. The second-order valence-electron chi connectivity index (χ2n) is 8.52. The number of piperidine rings is 4. The predicted octanol–water partition coefficient (Wildman–Crippen LogP) is 1.04. The molecular weight excluding hydrogens is 332 g/mol. The highest BCUT2D eigenvalue weighted by molar-refractivity contribution is 5.78. The van der Waals surface area contributed by atoms with Gasteiger partial charge in [-0.3, -0.25) is 9.59 Å². The van der Waals surface area contributed by atoms with Gasteiger partial charge in [0.25, 0.3) is 0 Å². The van der Waals surface area contributed by atoms with Crippen LogP contribution in [0.4, 0.5) is 4.79 Å². The first-order chi connectivity index (χ1) is 12.5. The number of hydrogen-bond acceptors (Lipinski definition) is 3. The third-order valence-corrected chi connectivity index (χ3v) is 6.62. The summed E-state index contributed by atoms with van der Waals surface area (Å²) in [7, 11) is 0. The highest BCUT2D eigenvalue weighted by atomic mass is 16.2. The molecule has 4 rings (SSSR count). The molecule has 0 saturated carbocycles. The highest BCUT2D eigenvalue weighted by Crippen LogP contribution is 2.38. The Labute approximate surface area is 155 Å². The van der Waals surface area contributed by atoms with Crippen LogP contribution in [0.2, 0.25) is 0 Å². The van der Waals surface area contributed by atoms with E-state index in [4.69, 9.17) is 0 Å². The van der Waals surface area contributed by atoms with Crippen molar-refractivity contribution in [2.24, 2.45) is 11.8 Å². The van der Waals surface area contributed by atoms with Crippen LogP contribution in [0, 0.1) is 11.8 Å². The van der Waals surface area contributed by atoms with E-state index in [1.54, 1.807) is 6.92 Å². The van der Waals surface area contributed by atoms with E-state index in [0.29, 0.717) is 43.3 Å². The fraction of sp³-hybridized carbons (Fsp3) is 0.842. The molecule has 7 nitrogen and oxygen atoms in total. The zero-order valence-corrected chi connectivity index (χ0v) is 15.7. The molecule has 0 spiro atoms. The zero-order valence-electron chi connectivity index (χ0n) is 15.7. The number of fused-ring (bicyclic) bond motifs is 4. The lowest BCUT2D eigenvalue weighted by molar-refractivity contribution is -0.144. The lowest BCUT2D eigenvalue weighted by Crippen LogP contribution is -2.62. The molecule has 4 aliphatic heterocycles. The van der Waals surface area contributed by atoms with Crippen LogP contribution in [0.1, 0.15) is 45.4 Å².